The summed E-state index contributed by atoms with van der Waals surface area (Å²) in [5.74, 6) is -0.580. The number of rotatable bonds is 8. The molecule has 0 bridgehead atoms. The standard InChI is InChI=1S/C30H31ClN4O3S/c1-20-11-13-27(16-21(20)2)35-23(4)17-25(24(35)5)18-32-33-30(36)19-34(29-14-12-26(31)15-22(29)3)39(37,38)28-9-7-6-8-10-28/h6-18H,19H2,1-5H3,(H,33,36)/b32-18+. The van der Waals surface area contributed by atoms with Gasteiger partial charge in [0, 0.05) is 27.7 Å². The number of hydrogen-bond acceptors (Lipinski definition) is 4. The number of sulfonamides is 1. The smallest absolute Gasteiger partial charge is 0.264 e. The van der Waals surface area contributed by atoms with E-state index in [0.29, 0.717) is 16.3 Å². The van der Waals surface area contributed by atoms with Crippen molar-refractivity contribution in [3.05, 3.63) is 111 Å². The Kier molecular flexibility index (Phi) is 8.28. The summed E-state index contributed by atoms with van der Waals surface area (Å²) < 4.78 is 30.3. The molecule has 9 heteroatoms. The molecule has 0 atom stereocenters. The molecule has 202 valence electrons. The Balaban J connectivity index is 1.57. The van der Waals surface area contributed by atoms with Gasteiger partial charge in [-0.15, -0.1) is 0 Å². The van der Waals surface area contributed by atoms with Crippen molar-refractivity contribution in [3.63, 3.8) is 0 Å². The molecule has 4 aromatic rings. The van der Waals surface area contributed by atoms with Crippen molar-refractivity contribution in [2.45, 2.75) is 39.5 Å². The number of aromatic nitrogens is 1. The van der Waals surface area contributed by atoms with Gasteiger partial charge < -0.3 is 4.57 Å². The second kappa shape index (κ2) is 11.5. The lowest BCUT2D eigenvalue weighted by Crippen LogP contribution is -2.40. The van der Waals surface area contributed by atoms with Gasteiger partial charge in [-0.25, -0.2) is 13.8 Å². The van der Waals surface area contributed by atoms with Crippen molar-refractivity contribution < 1.29 is 13.2 Å². The summed E-state index contributed by atoms with van der Waals surface area (Å²) >= 11 is 6.10. The molecular weight excluding hydrogens is 532 g/mol. The summed E-state index contributed by atoms with van der Waals surface area (Å²) in [6, 6.07) is 21.1. The van der Waals surface area contributed by atoms with Crippen LogP contribution in [0.3, 0.4) is 0 Å². The lowest BCUT2D eigenvalue weighted by Gasteiger charge is -2.25. The van der Waals surface area contributed by atoms with Crippen LogP contribution in [-0.2, 0) is 14.8 Å². The Morgan fingerprint density at radius 2 is 1.64 bits per heavy atom. The molecule has 0 aliphatic carbocycles. The highest BCUT2D eigenvalue weighted by Gasteiger charge is 2.28. The number of nitrogens with zero attached hydrogens (tertiary/aromatic N) is 3. The van der Waals surface area contributed by atoms with Crippen LogP contribution in [0.4, 0.5) is 5.69 Å². The van der Waals surface area contributed by atoms with Crippen LogP contribution in [0, 0.1) is 34.6 Å². The minimum atomic E-state index is -4.03. The van der Waals surface area contributed by atoms with Crippen LogP contribution in [-0.4, -0.2) is 31.7 Å². The first-order chi connectivity index (χ1) is 18.5. The number of aryl methyl sites for hydroxylation is 4. The van der Waals surface area contributed by atoms with Crippen LogP contribution >= 0.6 is 11.6 Å². The number of nitrogens with one attached hydrogen (secondary N) is 1. The molecule has 39 heavy (non-hydrogen) atoms. The Morgan fingerprint density at radius 1 is 0.923 bits per heavy atom. The van der Waals surface area contributed by atoms with Crippen molar-refractivity contribution in [2.75, 3.05) is 10.8 Å². The summed E-state index contributed by atoms with van der Waals surface area (Å²) in [5.41, 5.74) is 9.79. The first-order valence-corrected chi connectivity index (χ1v) is 14.2. The predicted octanol–water partition coefficient (Wildman–Crippen LogP) is 6.02. The quantitative estimate of drug-likeness (QED) is 0.210. The second-order valence-corrected chi connectivity index (χ2v) is 11.8. The normalized spacial score (nSPS) is 11.6. The molecule has 0 radical (unpaired) electrons. The number of benzene rings is 3. The first-order valence-electron chi connectivity index (χ1n) is 12.4. The highest BCUT2D eigenvalue weighted by molar-refractivity contribution is 7.92. The van der Waals surface area contributed by atoms with Crippen LogP contribution in [0.2, 0.25) is 5.02 Å². The first kappa shape index (κ1) is 28.1. The Hall–Kier alpha value is -3.88. The summed E-state index contributed by atoms with van der Waals surface area (Å²) in [5, 5.41) is 4.61. The van der Waals surface area contributed by atoms with Gasteiger partial charge in [0.2, 0.25) is 0 Å². The molecule has 1 aromatic heterocycles. The molecule has 0 saturated heterocycles. The molecule has 0 fully saturated rings. The van der Waals surface area contributed by atoms with Crippen LogP contribution < -0.4 is 9.73 Å². The van der Waals surface area contributed by atoms with E-state index < -0.39 is 22.5 Å². The van der Waals surface area contributed by atoms with E-state index in [1.54, 1.807) is 49.5 Å². The number of amides is 1. The maximum atomic E-state index is 13.5. The number of hydrazone groups is 1. The monoisotopic (exact) mass is 562 g/mol. The predicted molar refractivity (Wildman–Crippen MR) is 158 cm³/mol. The molecule has 0 unspecified atom stereocenters. The number of anilines is 1. The van der Waals surface area contributed by atoms with Gasteiger partial charge in [0.25, 0.3) is 15.9 Å². The van der Waals surface area contributed by atoms with Gasteiger partial charge in [0.1, 0.15) is 6.54 Å². The molecule has 1 N–H and O–H groups in total. The molecule has 0 aliphatic heterocycles. The fourth-order valence-corrected chi connectivity index (χ4v) is 6.17. The van der Waals surface area contributed by atoms with Crippen molar-refractivity contribution in [3.8, 4) is 5.69 Å². The Morgan fingerprint density at radius 3 is 2.31 bits per heavy atom. The molecule has 1 heterocycles. The van der Waals surface area contributed by atoms with Gasteiger partial charge >= 0.3 is 0 Å². The fourth-order valence-electron chi connectivity index (χ4n) is 4.44. The molecule has 3 aromatic carbocycles. The number of carbonyl (C=O) groups is 1. The van der Waals surface area contributed by atoms with E-state index in [1.165, 1.54) is 23.3 Å². The van der Waals surface area contributed by atoms with Gasteiger partial charge in [-0.05, 0) is 99.8 Å². The summed E-state index contributed by atoms with van der Waals surface area (Å²) in [6.45, 7) is 9.45. The zero-order valence-electron chi connectivity index (χ0n) is 22.6. The third-order valence-electron chi connectivity index (χ3n) is 6.66. The number of halogens is 1. The van der Waals surface area contributed by atoms with E-state index in [1.807, 2.05) is 19.9 Å². The van der Waals surface area contributed by atoms with E-state index in [2.05, 4.69) is 47.1 Å². The lowest BCUT2D eigenvalue weighted by molar-refractivity contribution is -0.119. The number of hydrogen-bond donors (Lipinski definition) is 1. The van der Waals surface area contributed by atoms with Crippen LogP contribution in [0.25, 0.3) is 5.69 Å². The highest BCUT2D eigenvalue weighted by atomic mass is 35.5. The number of carbonyl (C=O) groups excluding carboxylic acids is 1. The van der Waals surface area contributed by atoms with Gasteiger partial charge in [-0.2, -0.15) is 5.10 Å². The van der Waals surface area contributed by atoms with Gasteiger partial charge in [0.05, 0.1) is 16.8 Å². The minimum Gasteiger partial charge on any atom is -0.318 e. The van der Waals surface area contributed by atoms with Gasteiger partial charge in [0.15, 0.2) is 0 Å². The molecule has 1 amide bonds. The zero-order chi connectivity index (χ0) is 28.3. The maximum absolute atomic E-state index is 13.5. The summed E-state index contributed by atoms with van der Waals surface area (Å²) in [7, 11) is -4.03. The zero-order valence-corrected chi connectivity index (χ0v) is 24.1. The van der Waals surface area contributed by atoms with Crippen LogP contribution in [0.1, 0.15) is 33.6 Å². The van der Waals surface area contributed by atoms with E-state index in [9.17, 15) is 13.2 Å². The summed E-state index contributed by atoms with van der Waals surface area (Å²) in [6.07, 6.45) is 1.57. The van der Waals surface area contributed by atoms with E-state index in [0.717, 1.165) is 26.9 Å². The second-order valence-electron chi connectivity index (χ2n) is 9.48. The van der Waals surface area contributed by atoms with Gasteiger partial charge in [-0.1, -0.05) is 35.9 Å². The highest BCUT2D eigenvalue weighted by Crippen LogP contribution is 2.29. The van der Waals surface area contributed by atoms with E-state index in [-0.39, 0.29) is 4.90 Å². The van der Waals surface area contributed by atoms with E-state index in [4.69, 9.17) is 11.6 Å². The minimum absolute atomic E-state index is 0.0782. The third kappa shape index (κ3) is 6.08. The average Bonchev–Trinajstić information content (AvgIpc) is 3.17. The van der Waals surface area contributed by atoms with E-state index >= 15 is 0 Å². The molecule has 4 rings (SSSR count). The van der Waals surface area contributed by atoms with Gasteiger partial charge in [-0.3, -0.25) is 9.10 Å². The average molecular weight is 563 g/mol. The van der Waals surface area contributed by atoms with Crippen molar-refractivity contribution in [1.29, 1.82) is 0 Å². The maximum Gasteiger partial charge on any atom is 0.264 e. The van der Waals surface area contributed by atoms with Crippen molar-refractivity contribution in [2.24, 2.45) is 5.10 Å². The Bertz CT molecular complexity index is 1660. The topological polar surface area (TPSA) is 83.8 Å². The molecule has 0 aliphatic rings. The molecule has 0 saturated carbocycles. The van der Waals surface area contributed by atoms with Crippen LogP contribution in [0.15, 0.2) is 82.8 Å². The molecule has 7 nitrogen and oxygen atoms in total. The fraction of sp³-hybridized carbons (Fsp3) is 0.200. The lowest BCUT2D eigenvalue weighted by atomic mass is 10.1. The van der Waals surface area contributed by atoms with Crippen LogP contribution in [0.5, 0.6) is 0 Å². The Labute approximate surface area is 234 Å². The third-order valence-corrected chi connectivity index (χ3v) is 8.67. The molecular formula is C30H31ClN4O3S. The largest absolute Gasteiger partial charge is 0.318 e. The van der Waals surface area contributed by atoms with Crippen molar-refractivity contribution in [1.82, 2.24) is 9.99 Å². The van der Waals surface area contributed by atoms with Crippen molar-refractivity contribution >= 4 is 39.4 Å². The molecule has 0 spiro atoms. The SMILES string of the molecule is Cc1ccc(-n2c(C)cc(/C=N/NC(=O)CN(c3ccc(Cl)cc3C)S(=O)(=O)c3ccccc3)c2C)cc1C. The summed E-state index contributed by atoms with van der Waals surface area (Å²) in [4.78, 5) is 13.0.